The van der Waals surface area contributed by atoms with Crippen LogP contribution in [0.25, 0.3) is 0 Å². The number of carboxylic acids is 1. The van der Waals surface area contributed by atoms with Crippen molar-refractivity contribution < 1.29 is 14.7 Å². The van der Waals surface area contributed by atoms with Crippen molar-refractivity contribution in [3.63, 3.8) is 0 Å². The Hall–Kier alpha value is -3.13. The largest absolute Gasteiger partial charge is 0.481 e. The number of hydrogen-bond donors (Lipinski definition) is 2. The number of rotatable bonds is 7. The second-order valence-corrected chi connectivity index (χ2v) is 11.0. The van der Waals surface area contributed by atoms with E-state index >= 15 is 0 Å². The summed E-state index contributed by atoms with van der Waals surface area (Å²) in [4.78, 5) is 29.4. The van der Waals surface area contributed by atoms with Crippen LogP contribution in [0.3, 0.4) is 0 Å². The molecule has 36 heavy (non-hydrogen) atoms. The molecule has 1 aliphatic heterocycles. The molecule has 0 spiro atoms. The molecule has 2 N–H and O–H groups in total. The van der Waals surface area contributed by atoms with Gasteiger partial charge in [-0.1, -0.05) is 43.2 Å². The number of amides is 1. The van der Waals surface area contributed by atoms with E-state index in [1.807, 2.05) is 11.8 Å². The highest BCUT2D eigenvalue weighted by Crippen LogP contribution is 2.42. The average Bonchev–Trinajstić information content (AvgIpc) is 3.49. The molecule has 194 valence electrons. The number of anilines is 1. The quantitative estimate of drug-likeness (QED) is 0.565. The van der Waals surface area contributed by atoms with Crippen LogP contribution in [0.1, 0.15) is 69.1 Å². The summed E-state index contributed by atoms with van der Waals surface area (Å²) in [5.41, 5.74) is 3.16. The van der Waals surface area contributed by atoms with Crippen molar-refractivity contribution in [3.05, 3.63) is 59.4 Å². The van der Waals surface area contributed by atoms with E-state index in [9.17, 15) is 14.7 Å². The van der Waals surface area contributed by atoms with Gasteiger partial charge in [0.15, 0.2) is 5.82 Å². The lowest BCUT2D eigenvalue weighted by Crippen LogP contribution is -2.53. The number of nitrogens with one attached hydrogen (secondary N) is 1. The Kier molecular flexibility index (Phi) is 7.27. The van der Waals surface area contributed by atoms with E-state index in [0.717, 1.165) is 54.6 Å². The van der Waals surface area contributed by atoms with Gasteiger partial charge in [0.05, 0.1) is 5.41 Å². The summed E-state index contributed by atoms with van der Waals surface area (Å²) in [7, 11) is 2.13. The maximum absolute atomic E-state index is 13.0. The number of piperidine rings is 1. The average molecular weight is 494 g/mol. The zero-order valence-corrected chi connectivity index (χ0v) is 22.0. The Morgan fingerprint density at radius 3 is 2.44 bits per heavy atom. The number of carbonyl (C=O) groups excluding carboxylic acids is 1. The fourth-order valence-corrected chi connectivity index (χ4v) is 5.72. The minimum atomic E-state index is -0.749. The van der Waals surface area contributed by atoms with Gasteiger partial charge in [-0.05, 0) is 64.6 Å². The van der Waals surface area contributed by atoms with Gasteiger partial charge in [0, 0.05) is 43.1 Å². The summed E-state index contributed by atoms with van der Waals surface area (Å²) in [5, 5.41) is 17.4. The standard InChI is InChI=1S/C28H39N5O3/c1-20(2)29-24-8-13-33(30-24)26(36)32-14-11-27(4,12-15-32)31(5)19-22-16-21(3)17-23(18-22)28(25(34)35)9-6-7-10-28/h8,13,16-18H,1,6-7,9-12,14-15,19H2,2-5H3,(H,29,30)(H,34,35). The molecule has 1 saturated carbocycles. The van der Waals surface area contributed by atoms with Crippen LogP contribution in [0.15, 0.2) is 42.7 Å². The van der Waals surface area contributed by atoms with E-state index in [4.69, 9.17) is 0 Å². The third-order valence-corrected chi connectivity index (χ3v) is 8.14. The second kappa shape index (κ2) is 10.1. The first kappa shape index (κ1) is 25.9. The summed E-state index contributed by atoms with van der Waals surface area (Å²) in [6, 6.07) is 7.99. The number of hydrogen-bond acceptors (Lipinski definition) is 5. The molecule has 1 saturated heterocycles. The van der Waals surface area contributed by atoms with Crippen LogP contribution in [-0.4, -0.2) is 62.4 Å². The predicted octanol–water partition coefficient (Wildman–Crippen LogP) is 4.99. The van der Waals surface area contributed by atoms with Crippen LogP contribution < -0.4 is 5.32 Å². The van der Waals surface area contributed by atoms with Gasteiger partial charge in [0.1, 0.15) is 0 Å². The van der Waals surface area contributed by atoms with Crippen molar-refractivity contribution in [2.45, 2.75) is 76.8 Å². The van der Waals surface area contributed by atoms with Crippen LogP contribution in [0, 0.1) is 6.92 Å². The van der Waals surface area contributed by atoms with Gasteiger partial charge in [-0.2, -0.15) is 4.68 Å². The summed E-state index contributed by atoms with van der Waals surface area (Å²) >= 11 is 0. The topological polar surface area (TPSA) is 90.7 Å². The van der Waals surface area contributed by atoms with Crippen molar-refractivity contribution in [2.75, 3.05) is 25.5 Å². The highest BCUT2D eigenvalue weighted by Gasteiger charge is 2.43. The van der Waals surface area contributed by atoms with E-state index in [-0.39, 0.29) is 11.6 Å². The zero-order valence-electron chi connectivity index (χ0n) is 22.0. The predicted molar refractivity (Wildman–Crippen MR) is 141 cm³/mol. The number of aryl methyl sites for hydroxylation is 1. The molecule has 2 heterocycles. The first-order valence-corrected chi connectivity index (χ1v) is 12.9. The summed E-state index contributed by atoms with van der Waals surface area (Å²) in [6.45, 7) is 12.0. The lowest BCUT2D eigenvalue weighted by Gasteiger charge is -2.45. The van der Waals surface area contributed by atoms with E-state index < -0.39 is 11.4 Å². The van der Waals surface area contributed by atoms with Crippen molar-refractivity contribution in [1.29, 1.82) is 0 Å². The molecule has 4 rings (SSSR count). The van der Waals surface area contributed by atoms with Crippen molar-refractivity contribution in [2.24, 2.45) is 0 Å². The molecular formula is C28H39N5O3. The van der Waals surface area contributed by atoms with Gasteiger partial charge in [-0.15, -0.1) is 5.10 Å². The molecule has 2 aromatic rings. The van der Waals surface area contributed by atoms with E-state index in [0.29, 0.717) is 31.7 Å². The number of likely N-dealkylation sites (tertiary alicyclic amines) is 1. The van der Waals surface area contributed by atoms with Gasteiger partial charge in [-0.3, -0.25) is 9.69 Å². The number of benzene rings is 1. The van der Waals surface area contributed by atoms with E-state index in [1.165, 1.54) is 4.68 Å². The summed E-state index contributed by atoms with van der Waals surface area (Å²) < 4.78 is 1.38. The SMILES string of the molecule is C=C(C)Nc1ccn(C(=O)N2CCC(C)(N(C)Cc3cc(C)cc(C4(C(=O)O)CCCC4)c3)CC2)n1. The molecule has 8 nitrogen and oxygen atoms in total. The number of carboxylic acid groups (broad SMARTS) is 1. The molecule has 8 heteroatoms. The van der Waals surface area contributed by atoms with Gasteiger partial charge in [-0.25, -0.2) is 4.79 Å². The van der Waals surface area contributed by atoms with Crippen molar-refractivity contribution in [3.8, 4) is 0 Å². The number of aromatic nitrogens is 2. The fraction of sp³-hybridized carbons (Fsp3) is 0.536. The second-order valence-electron chi connectivity index (χ2n) is 11.0. The molecule has 0 bridgehead atoms. The van der Waals surface area contributed by atoms with Crippen molar-refractivity contribution >= 4 is 17.8 Å². The Labute approximate surface area is 214 Å². The minimum absolute atomic E-state index is 0.0602. The van der Waals surface area contributed by atoms with Crippen LogP contribution >= 0.6 is 0 Å². The van der Waals surface area contributed by atoms with Crippen LogP contribution in [0.5, 0.6) is 0 Å². The fourth-order valence-electron chi connectivity index (χ4n) is 5.72. The smallest absolute Gasteiger partial charge is 0.344 e. The first-order chi connectivity index (χ1) is 17.0. The summed E-state index contributed by atoms with van der Waals surface area (Å²) in [5.74, 6) is -0.0918. The Morgan fingerprint density at radius 1 is 1.17 bits per heavy atom. The third kappa shape index (κ3) is 5.19. The third-order valence-electron chi connectivity index (χ3n) is 8.14. The van der Waals surface area contributed by atoms with Gasteiger partial charge < -0.3 is 15.3 Å². The van der Waals surface area contributed by atoms with E-state index in [1.54, 1.807) is 12.3 Å². The molecule has 0 radical (unpaired) electrons. The maximum Gasteiger partial charge on any atom is 0.344 e. The molecular weight excluding hydrogens is 454 g/mol. The van der Waals surface area contributed by atoms with Crippen LogP contribution in [-0.2, 0) is 16.8 Å². The number of allylic oxidation sites excluding steroid dienone is 1. The highest BCUT2D eigenvalue weighted by molar-refractivity contribution is 5.82. The lowest BCUT2D eigenvalue weighted by atomic mass is 9.77. The Balaban J connectivity index is 1.41. The van der Waals surface area contributed by atoms with E-state index in [2.05, 4.69) is 61.0 Å². The monoisotopic (exact) mass is 493 g/mol. The summed E-state index contributed by atoms with van der Waals surface area (Å²) in [6.07, 6.45) is 6.74. The Bertz CT molecular complexity index is 1140. The van der Waals surface area contributed by atoms with Gasteiger partial charge >= 0.3 is 12.0 Å². The number of nitrogens with zero attached hydrogens (tertiary/aromatic N) is 4. The van der Waals surface area contributed by atoms with Gasteiger partial charge in [0.25, 0.3) is 0 Å². The highest BCUT2D eigenvalue weighted by atomic mass is 16.4. The zero-order chi connectivity index (χ0) is 26.1. The molecule has 2 fully saturated rings. The minimum Gasteiger partial charge on any atom is -0.481 e. The van der Waals surface area contributed by atoms with Crippen LogP contribution in [0.2, 0.25) is 0 Å². The molecule has 1 aromatic heterocycles. The van der Waals surface area contributed by atoms with Crippen LogP contribution in [0.4, 0.5) is 10.6 Å². The molecule has 1 aliphatic carbocycles. The molecule has 1 aromatic carbocycles. The molecule has 2 aliphatic rings. The van der Waals surface area contributed by atoms with Gasteiger partial charge in [0.2, 0.25) is 0 Å². The normalized spacial score (nSPS) is 18.9. The number of aliphatic carboxylic acids is 1. The molecule has 0 unspecified atom stereocenters. The molecule has 1 amide bonds. The number of carbonyl (C=O) groups is 2. The first-order valence-electron chi connectivity index (χ1n) is 12.9. The lowest BCUT2D eigenvalue weighted by molar-refractivity contribution is -0.143. The molecule has 0 atom stereocenters. The Morgan fingerprint density at radius 2 is 1.83 bits per heavy atom. The maximum atomic E-state index is 13.0. The van der Waals surface area contributed by atoms with Crippen molar-refractivity contribution in [1.82, 2.24) is 19.6 Å².